The fourth-order valence-corrected chi connectivity index (χ4v) is 3.46. The molecule has 2 heterocycles. The van der Waals surface area contributed by atoms with E-state index in [2.05, 4.69) is 56.7 Å². The van der Waals surface area contributed by atoms with E-state index in [0.29, 0.717) is 25.8 Å². The first-order chi connectivity index (χ1) is 14.2. The number of rotatable bonds is 8. The molecule has 2 aromatic rings. The Kier molecular flexibility index (Phi) is 10.9. The molecule has 1 aromatic carbocycles. The Morgan fingerprint density at radius 1 is 1.13 bits per heavy atom. The van der Waals surface area contributed by atoms with Gasteiger partial charge in [-0.3, -0.25) is 4.99 Å². The highest BCUT2D eigenvalue weighted by Gasteiger charge is 2.20. The van der Waals surface area contributed by atoms with Crippen LogP contribution in [0, 0.1) is 6.92 Å². The molecule has 1 fully saturated rings. The van der Waals surface area contributed by atoms with Gasteiger partial charge in [0, 0.05) is 31.4 Å². The summed E-state index contributed by atoms with van der Waals surface area (Å²) in [5.74, 6) is 1.96. The lowest BCUT2D eigenvalue weighted by Gasteiger charge is -2.34. The van der Waals surface area contributed by atoms with Crippen LogP contribution in [0.2, 0.25) is 0 Å². The monoisotopic (exact) mass is 523 g/mol. The summed E-state index contributed by atoms with van der Waals surface area (Å²) in [7, 11) is 0. The van der Waals surface area contributed by atoms with Gasteiger partial charge in [-0.15, -0.1) is 24.0 Å². The van der Waals surface area contributed by atoms with Gasteiger partial charge in [0.25, 0.3) is 0 Å². The Morgan fingerprint density at radius 3 is 2.60 bits per heavy atom. The Labute approximate surface area is 197 Å². The van der Waals surface area contributed by atoms with Crippen molar-refractivity contribution in [3.8, 4) is 0 Å². The van der Waals surface area contributed by atoms with Gasteiger partial charge < -0.3 is 20.3 Å². The number of guanidine groups is 1. The number of ether oxygens (including phenoxy) is 1. The normalized spacial score (nSPS) is 14.9. The highest BCUT2D eigenvalue weighted by molar-refractivity contribution is 14.0. The van der Waals surface area contributed by atoms with Gasteiger partial charge in [0.2, 0.25) is 0 Å². The van der Waals surface area contributed by atoms with E-state index in [1.165, 1.54) is 5.56 Å². The number of nitrogens with one attached hydrogen (secondary N) is 2. The van der Waals surface area contributed by atoms with E-state index in [1.807, 2.05) is 31.2 Å². The van der Waals surface area contributed by atoms with Gasteiger partial charge in [-0.2, -0.15) is 0 Å². The first-order valence-electron chi connectivity index (χ1n) is 10.6. The van der Waals surface area contributed by atoms with Crippen LogP contribution < -0.4 is 15.5 Å². The highest BCUT2D eigenvalue weighted by Crippen LogP contribution is 2.18. The third kappa shape index (κ3) is 8.10. The molecular weight excluding hydrogens is 489 g/mol. The van der Waals surface area contributed by atoms with Crippen molar-refractivity contribution in [1.82, 2.24) is 15.6 Å². The summed E-state index contributed by atoms with van der Waals surface area (Å²) in [4.78, 5) is 11.7. The topological polar surface area (TPSA) is 61.8 Å². The van der Waals surface area contributed by atoms with E-state index in [4.69, 9.17) is 4.74 Å². The van der Waals surface area contributed by atoms with Crippen molar-refractivity contribution in [2.75, 3.05) is 37.7 Å². The average molecular weight is 523 g/mol. The minimum Gasteiger partial charge on any atom is -0.375 e. The third-order valence-corrected chi connectivity index (χ3v) is 4.99. The first-order valence-corrected chi connectivity index (χ1v) is 10.6. The minimum absolute atomic E-state index is 0. The molecule has 3 rings (SSSR count). The van der Waals surface area contributed by atoms with Gasteiger partial charge in [0.05, 0.1) is 19.8 Å². The quantitative estimate of drug-likeness (QED) is 0.239. The molecule has 2 N–H and O–H groups in total. The van der Waals surface area contributed by atoms with Crippen LogP contribution in [0.25, 0.3) is 0 Å². The second kappa shape index (κ2) is 13.4. The number of pyridine rings is 1. The molecule has 30 heavy (non-hydrogen) atoms. The summed E-state index contributed by atoms with van der Waals surface area (Å²) >= 11 is 0. The molecule has 1 aliphatic rings. The van der Waals surface area contributed by atoms with E-state index >= 15 is 0 Å². The molecule has 1 saturated heterocycles. The fraction of sp³-hybridized carbons (Fsp3) is 0.478. The molecule has 1 aromatic heterocycles. The molecule has 6 nitrogen and oxygen atoms in total. The van der Waals surface area contributed by atoms with Crippen LogP contribution in [0.15, 0.2) is 53.5 Å². The second-order valence-electron chi connectivity index (χ2n) is 7.34. The van der Waals surface area contributed by atoms with Crippen LogP contribution in [-0.4, -0.2) is 49.8 Å². The highest BCUT2D eigenvalue weighted by atomic mass is 127. The Morgan fingerprint density at radius 2 is 1.90 bits per heavy atom. The number of anilines is 1. The number of piperidine rings is 1. The van der Waals surface area contributed by atoms with E-state index in [9.17, 15) is 0 Å². The van der Waals surface area contributed by atoms with E-state index < -0.39 is 0 Å². The van der Waals surface area contributed by atoms with Gasteiger partial charge >= 0.3 is 0 Å². The smallest absolute Gasteiger partial charge is 0.191 e. The number of nitrogens with zero attached hydrogens (tertiary/aromatic N) is 3. The van der Waals surface area contributed by atoms with Gasteiger partial charge in [-0.05, 0) is 44.4 Å². The molecule has 0 spiro atoms. The van der Waals surface area contributed by atoms with Gasteiger partial charge in [0.1, 0.15) is 5.82 Å². The zero-order valence-corrected chi connectivity index (χ0v) is 20.3. The second-order valence-corrected chi connectivity index (χ2v) is 7.34. The number of halogens is 1. The van der Waals surface area contributed by atoms with Crippen molar-refractivity contribution in [2.24, 2.45) is 4.99 Å². The Hall–Kier alpha value is -1.87. The number of hydrogen-bond donors (Lipinski definition) is 2. The molecule has 0 amide bonds. The molecule has 0 aliphatic carbocycles. The maximum Gasteiger partial charge on any atom is 0.191 e. The number of aliphatic imine (C=N–C) groups is 1. The lowest BCUT2D eigenvalue weighted by molar-refractivity contribution is 0.128. The van der Waals surface area contributed by atoms with Crippen LogP contribution in [-0.2, 0) is 11.3 Å². The van der Waals surface area contributed by atoms with Crippen LogP contribution in [0.4, 0.5) is 5.82 Å². The zero-order valence-electron chi connectivity index (χ0n) is 18.0. The van der Waals surface area contributed by atoms with E-state index in [-0.39, 0.29) is 24.0 Å². The molecular formula is C23H34IN5O. The minimum atomic E-state index is 0. The number of hydrogen-bond acceptors (Lipinski definition) is 4. The molecule has 0 atom stereocenters. The number of benzene rings is 1. The maximum atomic E-state index is 5.73. The van der Waals surface area contributed by atoms with Crippen molar-refractivity contribution in [2.45, 2.75) is 39.3 Å². The average Bonchev–Trinajstić information content (AvgIpc) is 2.75. The summed E-state index contributed by atoms with van der Waals surface area (Å²) in [5.41, 5.74) is 2.26. The fourth-order valence-electron chi connectivity index (χ4n) is 3.46. The molecule has 0 unspecified atom stereocenters. The van der Waals surface area contributed by atoms with Crippen molar-refractivity contribution in [3.05, 3.63) is 59.8 Å². The number of aromatic nitrogens is 1. The zero-order chi connectivity index (χ0) is 20.3. The molecule has 0 saturated carbocycles. The third-order valence-electron chi connectivity index (χ3n) is 4.99. The van der Waals surface area contributed by atoms with Crippen molar-refractivity contribution in [1.29, 1.82) is 0 Å². The summed E-state index contributed by atoms with van der Waals surface area (Å²) in [6.45, 7) is 8.89. The summed E-state index contributed by atoms with van der Waals surface area (Å²) in [6.07, 6.45) is 2.15. The van der Waals surface area contributed by atoms with Gasteiger partial charge in [0.15, 0.2) is 5.96 Å². The van der Waals surface area contributed by atoms with Crippen LogP contribution in [0.3, 0.4) is 0 Å². The predicted octanol–water partition coefficient (Wildman–Crippen LogP) is 3.75. The SMILES string of the molecule is CCNC(=NCCOCc1ccccc1)NC1CCN(c2cccc(C)n2)CC1.I. The van der Waals surface area contributed by atoms with E-state index in [0.717, 1.165) is 49.9 Å². The number of aryl methyl sites for hydroxylation is 1. The first kappa shape index (κ1) is 24.4. The van der Waals surface area contributed by atoms with Gasteiger partial charge in [-0.1, -0.05) is 36.4 Å². The predicted molar refractivity (Wildman–Crippen MR) is 135 cm³/mol. The molecule has 1 aliphatic heterocycles. The van der Waals surface area contributed by atoms with Crippen LogP contribution in [0.5, 0.6) is 0 Å². The summed E-state index contributed by atoms with van der Waals surface area (Å²) in [6, 6.07) is 16.9. The Bertz CT molecular complexity index is 763. The maximum absolute atomic E-state index is 5.73. The van der Waals surface area contributed by atoms with Crippen LogP contribution >= 0.6 is 24.0 Å². The molecule has 0 radical (unpaired) electrons. The molecule has 0 bridgehead atoms. The molecule has 7 heteroatoms. The molecule has 164 valence electrons. The largest absolute Gasteiger partial charge is 0.375 e. The lowest BCUT2D eigenvalue weighted by Crippen LogP contribution is -2.49. The summed E-state index contributed by atoms with van der Waals surface area (Å²) in [5, 5.41) is 6.93. The van der Waals surface area contributed by atoms with Gasteiger partial charge in [-0.25, -0.2) is 4.98 Å². The van der Waals surface area contributed by atoms with E-state index in [1.54, 1.807) is 0 Å². The van der Waals surface area contributed by atoms with Crippen molar-refractivity contribution >= 4 is 35.8 Å². The van der Waals surface area contributed by atoms with Crippen LogP contribution in [0.1, 0.15) is 31.0 Å². The lowest BCUT2D eigenvalue weighted by atomic mass is 10.1. The Balaban J connectivity index is 0.00000320. The van der Waals surface area contributed by atoms with Crippen molar-refractivity contribution < 1.29 is 4.74 Å². The van der Waals surface area contributed by atoms with Crippen molar-refractivity contribution in [3.63, 3.8) is 0 Å². The summed E-state index contributed by atoms with van der Waals surface area (Å²) < 4.78 is 5.73. The standard InChI is InChI=1S/C23H33N5O.HI/c1-3-24-23(25-14-17-29-18-20-9-5-4-6-10-20)27-21-12-15-28(16-13-21)22-11-7-8-19(2)26-22;/h4-11,21H,3,12-18H2,1-2H3,(H2,24,25,27);1H.